The first kappa shape index (κ1) is 18.2. The van der Waals surface area contributed by atoms with Crippen molar-refractivity contribution in [2.75, 3.05) is 18.5 Å². The van der Waals surface area contributed by atoms with Gasteiger partial charge >= 0.3 is 11.8 Å². The van der Waals surface area contributed by atoms with E-state index in [9.17, 15) is 9.59 Å². The van der Waals surface area contributed by atoms with Gasteiger partial charge in [-0.2, -0.15) is 0 Å². The van der Waals surface area contributed by atoms with E-state index in [1.54, 1.807) is 6.07 Å². The Hall–Kier alpha value is -1.88. The summed E-state index contributed by atoms with van der Waals surface area (Å²) in [4.78, 5) is 23.7. The topological polar surface area (TPSA) is 78.4 Å². The second-order valence-corrected chi connectivity index (χ2v) is 5.63. The Bertz CT molecular complexity index is 509. The molecule has 0 aliphatic carbocycles. The summed E-state index contributed by atoms with van der Waals surface area (Å²) >= 11 is 0. The Balaban J connectivity index is 2.50. The van der Waals surface area contributed by atoms with Crippen molar-refractivity contribution in [2.45, 2.75) is 40.0 Å². The number of carbonyl (C=O) groups excluding carboxylic acids is 2. The van der Waals surface area contributed by atoms with E-state index in [2.05, 4.69) is 17.6 Å². The summed E-state index contributed by atoms with van der Waals surface area (Å²) in [7, 11) is 0. The summed E-state index contributed by atoms with van der Waals surface area (Å²) in [5, 5.41) is 14.2. The van der Waals surface area contributed by atoms with Crippen molar-refractivity contribution in [3.63, 3.8) is 0 Å². The van der Waals surface area contributed by atoms with E-state index in [1.807, 2.05) is 26.0 Å². The molecule has 0 saturated carbocycles. The van der Waals surface area contributed by atoms with E-state index in [1.165, 1.54) is 0 Å². The number of rotatable bonds is 7. The van der Waals surface area contributed by atoms with Crippen LogP contribution >= 0.6 is 0 Å². The molecular weight excluding hydrogens is 280 g/mol. The first-order valence-electron chi connectivity index (χ1n) is 7.75. The van der Waals surface area contributed by atoms with Crippen LogP contribution in [0, 0.1) is 19.8 Å². The highest BCUT2D eigenvalue weighted by molar-refractivity contribution is 6.39. The van der Waals surface area contributed by atoms with E-state index < -0.39 is 11.8 Å². The van der Waals surface area contributed by atoms with Crippen LogP contribution in [0.3, 0.4) is 0 Å². The van der Waals surface area contributed by atoms with Gasteiger partial charge in [-0.25, -0.2) is 0 Å². The Morgan fingerprint density at radius 1 is 1.14 bits per heavy atom. The van der Waals surface area contributed by atoms with E-state index in [-0.39, 0.29) is 12.5 Å². The molecule has 0 aliphatic heterocycles. The van der Waals surface area contributed by atoms with Crippen molar-refractivity contribution in [2.24, 2.45) is 5.92 Å². The molecule has 0 fully saturated rings. The molecule has 0 radical (unpaired) electrons. The molecule has 5 nitrogen and oxygen atoms in total. The molecule has 0 saturated heterocycles. The molecule has 0 aliphatic rings. The van der Waals surface area contributed by atoms with Gasteiger partial charge in [0.2, 0.25) is 0 Å². The van der Waals surface area contributed by atoms with Crippen molar-refractivity contribution >= 4 is 17.5 Å². The molecule has 0 spiro atoms. The van der Waals surface area contributed by atoms with Crippen LogP contribution in [-0.2, 0) is 9.59 Å². The highest BCUT2D eigenvalue weighted by Crippen LogP contribution is 2.14. The van der Waals surface area contributed by atoms with Crippen LogP contribution in [-0.4, -0.2) is 30.1 Å². The summed E-state index contributed by atoms with van der Waals surface area (Å²) in [5.41, 5.74) is 2.81. The number of amides is 2. The van der Waals surface area contributed by atoms with Gasteiger partial charge in [0.1, 0.15) is 0 Å². The lowest BCUT2D eigenvalue weighted by Gasteiger charge is -2.15. The highest BCUT2D eigenvalue weighted by atomic mass is 16.3. The minimum atomic E-state index is -0.664. The number of aliphatic hydroxyl groups is 1. The molecule has 0 aromatic heterocycles. The number of aliphatic hydroxyl groups excluding tert-OH is 1. The van der Waals surface area contributed by atoms with Crippen molar-refractivity contribution in [1.82, 2.24) is 5.32 Å². The van der Waals surface area contributed by atoms with Gasteiger partial charge in [-0.05, 0) is 55.9 Å². The standard InChI is InChI=1S/C17H26N2O3/c1-4-5-14(8-9-20)11-18-16(21)17(22)19-15-7-6-12(2)13(3)10-15/h6-7,10,14,20H,4-5,8-9,11H2,1-3H3,(H,18,21)(H,19,22). The van der Waals surface area contributed by atoms with Gasteiger partial charge in [-0.15, -0.1) is 0 Å². The molecule has 5 heteroatoms. The van der Waals surface area contributed by atoms with Gasteiger partial charge < -0.3 is 15.7 Å². The van der Waals surface area contributed by atoms with Gasteiger partial charge in [-0.3, -0.25) is 9.59 Å². The summed E-state index contributed by atoms with van der Waals surface area (Å²) < 4.78 is 0. The average Bonchev–Trinajstić information content (AvgIpc) is 2.48. The first-order valence-corrected chi connectivity index (χ1v) is 7.75. The number of aryl methyl sites for hydroxylation is 2. The lowest BCUT2D eigenvalue weighted by Crippen LogP contribution is -2.38. The van der Waals surface area contributed by atoms with Crippen molar-refractivity contribution in [1.29, 1.82) is 0 Å². The number of benzene rings is 1. The zero-order chi connectivity index (χ0) is 16.5. The van der Waals surface area contributed by atoms with Crippen molar-refractivity contribution in [3.05, 3.63) is 29.3 Å². The van der Waals surface area contributed by atoms with Gasteiger partial charge in [0, 0.05) is 18.8 Å². The maximum Gasteiger partial charge on any atom is 0.313 e. The fourth-order valence-corrected chi connectivity index (χ4v) is 2.26. The molecule has 22 heavy (non-hydrogen) atoms. The Labute approximate surface area is 132 Å². The largest absolute Gasteiger partial charge is 0.396 e. The lowest BCUT2D eigenvalue weighted by molar-refractivity contribution is -0.136. The summed E-state index contributed by atoms with van der Waals surface area (Å²) in [6.45, 7) is 6.50. The van der Waals surface area contributed by atoms with Crippen LogP contribution in [0.4, 0.5) is 5.69 Å². The van der Waals surface area contributed by atoms with E-state index >= 15 is 0 Å². The molecule has 1 unspecified atom stereocenters. The maximum absolute atomic E-state index is 11.9. The van der Waals surface area contributed by atoms with E-state index in [0.717, 1.165) is 24.0 Å². The number of nitrogens with one attached hydrogen (secondary N) is 2. The molecule has 1 aromatic carbocycles. The SMILES string of the molecule is CCCC(CCO)CNC(=O)C(=O)Nc1ccc(C)c(C)c1. The second kappa shape index (κ2) is 9.20. The molecular formula is C17H26N2O3. The summed E-state index contributed by atoms with van der Waals surface area (Å²) in [6, 6.07) is 5.52. The Morgan fingerprint density at radius 2 is 1.86 bits per heavy atom. The van der Waals surface area contributed by atoms with Crippen LogP contribution < -0.4 is 10.6 Å². The fraction of sp³-hybridized carbons (Fsp3) is 0.529. The Kier molecular flexibility index (Phi) is 7.60. The smallest absolute Gasteiger partial charge is 0.313 e. The molecule has 1 rings (SSSR count). The highest BCUT2D eigenvalue weighted by Gasteiger charge is 2.16. The summed E-state index contributed by atoms with van der Waals surface area (Å²) in [6.07, 6.45) is 2.53. The zero-order valence-electron chi connectivity index (χ0n) is 13.6. The van der Waals surface area contributed by atoms with Crippen LogP contribution in [0.1, 0.15) is 37.3 Å². The number of hydrogen-bond donors (Lipinski definition) is 3. The molecule has 0 bridgehead atoms. The third kappa shape index (κ3) is 5.85. The maximum atomic E-state index is 11.9. The average molecular weight is 306 g/mol. The predicted molar refractivity (Wildman–Crippen MR) is 87.7 cm³/mol. The van der Waals surface area contributed by atoms with Gasteiger partial charge in [0.25, 0.3) is 0 Å². The lowest BCUT2D eigenvalue weighted by atomic mass is 10.0. The first-order chi connectivity index (χ1) is 10.5. The van der Waals surface area contributed by atoms with Gasteiger partial charge in [0.05, 0.1) is 0 Å². The molecule has 1 atom stereocenters. The number of carbonyl (C=O) groups is 2. The van der Waals surface area contributed by atoms with E-state index in [0.29, 0.717) is 18.7 Å². The molecule has 122 valence electrons. The van der Waals surface area contributed by atoms with Crippen LogP contribution in [0.25, 0.3) is 0 Å². The van der Waals surface area contributed by atoms with Crippen LogP contribution in [0.2, 0.25) is 0 Å². The fourth-order valence-electron chi connectivity index (χ4n) is 2.26. The van der Waals surface area contributed by atoms with Gasteiger partial charge in [-0.1, -0.05) is 19.4 Å². The zero-order valence-corrected chi connectivity index (χ0v) is 13.6. The van der Waals surface area contributed by atoms with Gasteiger partial charge in [0.15, 0.2) is 0 Å². The van der Waals surface area contributed by atoms with E-state index in [4.69, 9.17) is 5.11 Å². The molecule has 1 aromatic rings. The third-order valence-corrected chi connectivity index (χ3v) is 3.76. The second-order valence-electron chi connectivity index (χ2n) is 5.63. The van der Waals surface area contributed by atoms with Crippen LogP contribution in [0.5, 0.6) is 0 Å². The minimum Gasteiger partial charge on any atom is -0.396 e. The third-order valence-electron chi connectivity index (χ3n) is 3.76. The minimum absolute atomic E-state index is 0.0926. The monoisotopic (exact) mass is 306 g/mol. The summed E-state index contributed by atoms with van der Waals surface area (Å²) in [5.74, 6) is -1.10. The quantitative estimate of drug-likeness (QED) is 0.675. The van der Waals surface area contributed by atoms with Crippen LogP contribution in [0.15, 0.2) is 18.2 Å². The van der Waals surface area contributed by atoms with Crippen molar-refractivity contribution < 1.29 is 14.7 Å². The Morgan fingerprint density at radius 3 is 2.45 bits per heavy atom. The predicted octanol–water partition coefficient (Wildman–Crippen LogP) is 2.16. The molecule has 3 N–H and O–H groups in total. The molecule has 2 amide bonds. The van der Waals surface area contributed by atoms with Crippen molar-refractivity contribution in [3.8, 4) is 0 Å². The molecule has 0 heterocycles. The normalized spacial score (nSPS) is 11.8. The number of anilines is 1. The number of hydrogen-bond acceptors (Lipinski definition) is 3.